The van der Waals surface area contributed by atoms with Gasteiger partial charge >= 0.3 is 7.60 Å². The second-order valence-corrected chi connectivity index (χ2v) is 9.92. The van der Waals surface area contributed by atoms with Crippen LogP contribution >= 0.6 is 20.0 Å². The van der Waals surface area contributed by atoms with E-state index in [0.717, 1.165) is 25.8 Å². The summed E-state index contributed by atoms with van der Waals surface area (Å²) in [4.78, 5) is 14.9. The number of nitrogens with zero attached hydrogens (tertiary/aromatic N) is 1. The van der Waals surface area contributed by atoms with Crippen LogP contribution in [0.15, 0.2) is 48.5 Å². The van der Waals surface area contributed by atoms with Gasteiger partial charge in [0.2, 0.25) is 5.91 Å². The molecule has 0 bridgehead atoms. The van der Waals surface area contributed by atoms with Gasteiger partial charge in [-0.2, -0.15) is 0 Å². The van der Waals surface area contributed by atoms with Crippen LogP contribution in [0.25, 0.3) is 0 Å². The molecular weight excluding hydrogens is 467 g/mol. The Hall–Kier alpha value is -2.41. The van der Waals surface area contributed by atoms with Crippen LogP contribution in [0.3, 0.4) is 0 Å². The minimum absolute atomic E-state index is 0. The number of amides is 1. The third kappa shape index (κ3) is 5.75. The van der Waals surface area contributed by atoms with Crippen LogP contribution < -0.4 is 23.8 Å². The summed E-state index contributed by atoms with van der Waals surface area (Å²) in [6.45, 7) is 1.35. The third-order valence-corrected chi connectivity index (χ3v) is 8.01. The van der Waals surface area contributed by atoms with Crippen molar-refractivity contribution < 1.29 is 27.9 Å². The first-order chi connectivity index (χ1) is 15.5. The number of rotatable bonds is 8. The zero-order valence-corrected chi connectivity index (χ0v) is 20.5. The first kappa shape index (κ1) is 25.2. The molecule has 0 spiro atoms. The van der Waals surface area contributed by atoms with E-state index < -0.39 is 13.4 Å². The lowest BCUT2D eigenvalue weighted by molar-refractivity contribution is -0.132. The van der Waals surface area contributed by atoms with Crippen molar-refractivity contribution in [3.05, 3.63) is 48.5 Å². The van der Waals surface area contributed by atoms with Crippen LogP contribution in [0.2, 0.25) is 0 Å². The molecule has 0 radical (unpaired) electrons. The molecule has 1 amide bonds. The summed E-state index contributed by atoms with van der Waals surface area (Å²) in [6, 6.07) is 13.4. The average Bonchev–Trinajstić information content (AvgIpc) is 3.52. The maximum absolute atomic E-state index is 14.3. The van der Waals surface area contributed by atoms with E-state index in [1.54, 1.807) is 67.7 Å². The maximum atomic E-state index is 14.3. The van der Waals surface area contributed by atoms with E-state index >= 15 is 0 Å². The molecule has 1 N–H and O–H groups in total. The van der Waals surface area contributed by atoms with Crippen LogP contribution in [0, 0.1) is 0 Å². The molecule has 4 rings (SSSR count). The number of benzene rings is 2. The van der Waals surface area contributed by atoms with Gasteiger partial charge in [0.25, 0.3) is 0 Å². The van der Waals surface area contributed by atoms with Crippen LogP contribution in [0.1, 0.15) is 25.7 Å². The molecule has 180 valence electrons. The molecular formula is C23H30ClN2O6P. The number of nitrogens with one attached hydrogen (secondary N) is 1. The molecule has 0 saturated carbocycles. The van der Waals surface area contributed by atoms with Gasteiger partial charge in [0.1, 0.15) is 23.0 Å². The fraction of sp³-hybridized carbons (Fsp3) is 0.435. The summed E-state index contributed by atoms with van der Waals surface area (Å²) in [7, 11) is -0.661. The summed E-state index contributed by atoms with van der Waals surface area (Å²) in [5.41, 5.74) is 0. The van der Waals surface area contributed by atoms with Crippen molar-refractivity contribution in [3.8, 4) is 23.0 Å². The number of carbonyl (C=O) groups is 1. The van der Waals surface area contributed by atoms with Gasteiger partial charge in [0, 0.05) is 6.54 Å². The standard InChI is InChI=1S/C23H29N2O6P.ClH/c1-28-17-7-11-19(12-8-17)30-32(27,31-20-13-9-18(29-2)10-14-20)22-6-4-16-25(22)23(26)21-5-3-15-24-21;/h7-14,21-22,24H,3-6,15-16H2,1-2H3;1H. The monoisotopic (exact) mass is 496 g/mol. The lowest BCUT2D eigenvalue weighted by Crippen LogP contribution is -2.46. The Bertz CT molecular complexity index is 912. The van der Waals surface area contributed by atoms with Crippen LogP contribution in [0.4, 0.5) is 0 Å². The fourth-order valence-corrected chi connectivity index (χ4v) is 6.32. The third-order valence-electron chi connectivity index (χ3n) is 5.81. The topological polar surface area (TPSA) is 86.3 Å². The molecule has 2 aliphatic heterocycles. The van der Waals surface area contributed by atoms with Crippen molar-refractivity contribution in [1.29, 1.82) is 0 Å². The summed E-state index contributed by atoms with van der Waals surface area (Å²) in [6.07, 6.45) is 3.02. The molecule has 2 unspecified atom stereocenters. The highest BCUT2D eigenvalue weighted by atomic mass is 35.5. The molecule has 2 aromatic carbocycles. The van der Waals surface area contributed by atoms with Crippen molar-refractivity contribution in [2.45, 2.75) is 37.5 Å². The minimum atomic E-state index is -3.81. The van der Waals surface area contributed by atoms with Gasteiger partial charge in [-0.05, 0) is 80.8 Å². The fourth-order valence-electron chi connectivity index (χ4n) is 4.14. The van der Waals surface area contributed by atoms with Crippen molar-refractivity contribution in [2.24, 2.45) is 0 Å². The van der Waals surface area contributed by atoms with Gasteiger partial charge in [-0.1, -0.05) is 0 Å². The van der Waals surface area contributed by atoms with Crippen LogP contribution in [0.5, 0.6) is 23.0 Å². The Balaban J connectivity index is 0.00000306. The van der Waals surface area contributed by atoms with E-state index in [4.69, 9.17) is 18.5 Å². The molecule has 2 aromatic rings. The SMILES string of the molecule is COc1ccc(OP(=O)(Oc2ccc(OC)cc2)C2CCCN2C(=O)C2CCCN2)cc1.Cl. The predicted molar refractivity (Wildman–Crippen MR) is 128 cm³/mol. The molecule has 0 aromatic heterocycles. The highest BCUT2D eigenvalue weighted by Gasteiger charge is 2.48. The first-order valence-corrected chi connectivity index (χ1v) is 12.4. The van der Waals surface area contributed by atoms with E-state index in [9.17, 15) is 9.36 Å². The van der Waals surface area contributed by atoms with Crippen molar-refractivity contribution in [1.82, 2.24) is 10.2 Å². The van der Waals surface area contributed by atoms with Crippen LogP contribution in [-0.2, 0) is 9.36 Å². The van der Waals surface area contributed by atoms with Gasteiger partial charge in [0.15, 0.2) is 5.78 Å². The molecule has 2 heterocycles. The zero-order valence-electron chi connectivity index (χ0n) is 18.8. The van der Waals surface area contributed by atoms with E-state index in [1.807, 2.05) is 0 Å². The quantitative estimate of drug-likeness (QED) is 0.539. The minimum Gasteiger partial charge on any atom is -0.497 e. The molecule has 0 aliphatic carbocycles. The number of halogens is 1. The maximum Gasteiger partial charge on any atom is 0.453 e. The Kier molecular flexibility index (Phi) is 8.51. The van der Waals surface area contributed by atoms with E-state index in [2.05, 4.69) is 5.32 Å². The summed E-state index contributed by atoms with van der Waals surface area (Å²) in [5, 5.41) is 3.24. The smallest absolute Gasteiger partial charge is 0.453 e. The Labute approximate surface area is 200 Å². The first-order valence-electron chi connectivity index (χ1n) is 10.8. The van der Waals surface area contributed by atoms with Gasteiger partial charge in [0.05, 0.1) is 20.3 Å². The Morgan fingerprint density at radius 1 is 0.879 bits per heavy atom. The number of methoxy groups -OCH3 is 2. The number of ether oxygens (including phenoxy) is 2. The number of likely N-dealkylation sites (tertiary alicyclic amines) is 1. The molecule has 8 nitrogen and oxygen atoms in total. The predicted octanol–water partition coefficient (Wildman–Crippen LogP) is 4.48. The number of hydrogen-bond acceptors (Lipinski definition) is 7. The zero-order chi connectivity index (χ0) is 22.6. The number of hydrogen-bond donors (Lipinski definition) is 1. The van der Waals surface area contributed by atoms with E-state index in [0.29, 0.717) is 36.0 Å². The Morgan fingerprint density at radius 2 is 1.39 bits per heavy atom. The molecule has 10 heteroatoms. The molecule has 2 atom stereocenters. The second kappa shape index (κ2) is 11.1. The molecule has 2 aliphatic rings. The summed E-state index contributed by atoms with van der Waals surface area (Å²) in [5.74, 6) is 1.40. The highest BCUT2D eigenvalue weighted by Crippen LogP contribution is 2.57. The average molecular weight is 497 g/mol. The Morgan fingerprint density at radius 3 is 1.85 bits per heavy atom. The lowest BCUT2D eigenvalue weighted by Gasteiger charge is -2.32. The normalized spacial score (nSPS) is 20.1. The van der Waals surface area contributed by atoms with E-state index in [1.165, 1.54) is 0 Å². The largest absolute Gasteiger partial charge is 0.497 e. The molecule has 2 fully saturated rings. The highest BCUT2D eigenvalue weighted by molar-refractivity contribution is 7.55. The van der Waals surface area contributed by atoms with Gasteiger partial charge in [-0.15, -0.1) is 12.4 Å². The number of carbonyl (C=O) groups excluding carboxylic acids is 1. The van der Waals surface area contributed by atoms with Crippen molar-refractivity contribution in [3.63, 3.8) is 0 Å². The summed E-state index contributed by atoms with van der Waals surface area (Å²) < 4.78 is 36.7. The van der Waals surface area contributed by atoms with Gasteiger partial charge < -0.3 is 28.7 Å². The van der Waals surface area contributed by atoms with E-state index in [-0.39, 0.29) is 24.4 Å². The van der Waals surface area contributed by atoms with Crippen molar-refractivity contribution >= 4 is 25.9 Å². The lowest BCUT2D eigenvalue weighted by atomic mass is 10.2. The molecule has 33 heavy (non-hydrogen) atoms. The molecule has 2 saturated heterocycles. The van der Waals surface area contributed by atoms with Gasteiger partial charge in [-0.3, -0.25) is 4.79 Å². The van der Waals surface area contributed by atoms with Crippen molar-refractivity contribution in [2.75, 3.05) is 27.3 Å². The second-order valence-electron chi connectivity index (χ2n) is 7.88. The summed E-state index contributed by atoms with van der Waals surface area (Å²) >= 11 is 0. The van der Waals surface area contributed by atoms with Crippen LogP contribution in [-0.4, -0.2) is 49.9 Å². The van der Waals surface area contributed by atoms with Gasteiger partial charge in [-0.25, -0.2) is 4.57 Å².